The van der Waals surface area contributed by atoms with Crippen molar-refractivity contribution in [2.75, 3.05) is 140 Å². The van der Waals surface area contributed by atoms with Gasteiger partial charge in [0.25, 0.3) is 11.8 Å². The third kappa shape index (κ3) is 18.5. The molecule has 0 bridgehead atoms. The highest BCUT2D eigenvalue weighted by Crippen LogP contribution is 2.37. The third-order valence-corrected chi connectivity index (χ3v) is 14.5. The third-order valence-electron chi connectivity index (χ3n) is 14.5. The summed E-state index contributed by atoms with van der Waals surface area (Å²) in [6, 6.07) is 7.02. The van der Waals surface area contributed by atoms with Crippen molar-refractivity contribution in [1.82, 2.24) is 49.4 Å². The number of ether oxygens (including phenoxy) is 2. The molecule has 2 heterocycles. The molecule has 430 valence electrons. The van der Waals surface area contributed by atoms with Gasteiger partial charge in [0.05, 0.1) is 57.4 Å². The van der Waals surface area contributed by atoms with E-state index < -0.39 is 29.8 Å². The van der Waals surface area contributed by atoms with Gasteiger partial charge in [-0.25, -0.2) is 9.48 Å². The molecule has 0 radical (unpaired) electrons. The lowest BCUT2D eigenvalue weighted by atomic mass is 9.93. The maximum absolute atomic E-state index is 14.0. The van der Waals surface area contributed by atoms with Crippen LogP contribution >= 0.6 is 0 Å². The highest BCUT2D eigenvalue weighted by Gasteiger charge is 2.30. The van der Waals surface area contributed by atoms with Crippen molar-refractivity contribution in [3.05, 3.63) is 75.6 Å². The van der Waals surface area contributed by atoms with Crippen LogP contribution in [0.5, 0.6) is 0 Å². The van der Waals surface area contributed by atoms with Crippen LogP contribution in [0.15, 0.2) is 53.1 Å². The number of nitrogens with zero attached hydrogens (tertiary/aromatic N) is 9. The van der Waals surface area contributed by atoms with E-state index in [1.54, 1.807) is 69.6 Å². The Balaban J connectivity index is 1.20. The second-order valence-corrected chi connectivity index (χ2v) is 20.7. The monoisotopic (exact) mass is 1090 g/mol. The molecule has 5 rings (SSSR count). The van der Waals surface area contributed by atoms with Crippen LogP contribution < -0.4 is 5.32 Å². The number of carbonyl (C=O) groups excluding carboxylic acids is 3. The van der Waals surface area contributed by atoms with Crippen LogP contribution in [-0.2, 0) is 33.4 Å². The van der Waals surface area contributed by atoms with Crippen molar-refractivity contribution in [2.45, 2.75) is 77.6 Å². The minimum atomic E-state index is -1.20. The summed E-state index contributed by atoms with van der Waals surface area (Å²) >= 11 is 0. The van der Waals surface area contributed by atoms with Crippen LogP contribution in [0, 0.1) is 0 Å². The Hall–Kier alpha value is -6.66. The van der Waals surface area contributed by atoms with Crippen LogP contribution in [0.2, 0.25) is 0 Å². The van der Waals surface area contributed by atoms with Crippen molar-refractivity contribution in [1.29, 1.82) is 0 Å². The number of likely N-dealkylation sites (N-methyl/N-ethyl adjacent to an activating group) is 1. The maximum atomic E-state index is 14.0. The van der Waals surface area contributed by atoms with Gasteiger partial charge in [-0.05, 0) is 112 Å². The first-order valence-electron chi connectivity index (χ1n) is 26.9. The van der Waals surface area contributed by atoms with E-state index >= 15 is 0 Å². The number of aliphatic carboxylic acids is 4. The molecule has 0 unspecified atom stereocenters. The molecule has 1 saturated heterocycles. The maximum Gasteiger partial charge on any atom is 0.352 e. The largest absolute Gasteiger partial charge is 0.500 e. The molecule has 1 aliphatic heterocycles. The first-order valence-corrected chi connectivity index (χ1v) is 26.9. The van der Waals surface area contributed by atoms with Gasteiger partial charge in [-0.1, -0.05) is 20.3 Å². The topological polar surface area (TPSA) is 271 Å². The number of carboxylic acids is 4. The molecule has 1 aromatic heterocycles. The van der Waals surface area contributed by atoms with E-state index in [9.17, 15) is 54.0 Å². The van der Waals surface area contributed by atoms with Gasteiger partial charge in [0.2, 0.25) is 5.91 Å². The molecule has 3 aliphatic rings. The zero-order valence-corrected chi connectivity index (χ0v) is 46.6. The van der Waals surface area contributed by atoms with Gasteiger partial charge in [0, 0.05) is 91.5 Å². The summed E-state index contributed by atoms with van der Waals surface area (Å²) < 4.78 is 13.3. The standard InChI is InChI=1S/C55H82N10O13/c1-38(2)41-32-40(18-19-43(41)65-44(51-45(77-6)16-11-17-46(51)78-7)33-42(57-65)53(73)56-52(55(75)76)39-14-9-8-10-15-39)54(74)60(5)23-13-21-58(3)20-12-22-59(4)47(66)34-61-24-26-62(35-48(67)68)28-30-64(37-50(71)72)31-29-63(27-25-61)36-49(69)70/h16,18-19,32-33,38H,8-15,17,20-31,34-37H2,1-7H3,(H,56,73)(H,67,68)(H,69,70)(H,71,72)(H,75,76). The number of hydrogen-bond donors (Lipinski definition) is 5. The zero-order valence-electron chi connectivity index (χ0n) is 46.6. The Morgan fingerprint density at radius 1 is 0.667 bits per heavy atom. The lowest BCUT2D eigenvalue weighted by Crippen LogP contribution is -2.50. The Bertz CT molecular complexity index is 2500. The molecule has 2 aromatic rings. The highest BCUT2D eigenvalue weighted by molar-refractivity contribution is 6.01. The molecule has 1 saturated carbocycles. The van der Waals surface area contributed by atoms with Gasteiger partial charge in [-0.15, -0.1) is 0 Å². The van der Waals surface area contributed by atoms with E-state index in [0.717, 1.165) is 24.8 Å². The van der Waals surface area contributed by atoms with Crippen molar-refractivity contribution >= 4 is 47.2 Å². The van der Waals surface area contributed by atoms with Gasteiger partial charge in [-0.3, -0.25) is 48.4 Å². The number of amides is 3. The zero-order chi connectivity index (χ0) is 57.1. The number of methoxy groups -OCH3 is 2. The summed E-state index contributed by atoms with van der Waals surface area (Å²) in [6.07, 6.45) is 8.47. The van der Waals surface area contributed by atoms with Crippen LogP contribution in [0.1, 0.15) is 110 Å². The number of carboxylic acid groups (broad SMARTS) is 4. The van der Waals surface area contributed by atoms with Gasteiger partial charge in [0.15, 0.2) is 5.69 Å². The Labute approximate surface area is 457 Å². The average Bonchev–Trinajstić information content (AvgIpc) is 3.94. The summed E-state index contributed by atoms with van der Waals surface area (Å²) in [5.74, 6) is -4.14. The fourth-order valence-electron chi connectivity index (χ4n) is 10.1. The molecule has 23 nitrogen and oxygen atoms in total. The number of nitrogens with one attached hydrogen (secondary N) is 1. The molecule has 3 amide bonds. The molecular formula is C55H82N10O13. The normalized spacial score (nSPS) is 16.7. The smallest absolute Gasteiger partial charge is 0.352 e. The van der Waals surface area contributed by atoms with Crippen LogP contribution in [0.4, 0.5) is 0 Å². The SMILES string of the molecule is COC1=CCCC(OC)=C1c1cc(C(=O)NC(C(=O)O)=C2CCCCC2)nn1-c1ccc(C(=O)N(C)CCCN(C)CCCN(C)C(=O)CN2CCN(CC(=O)O)CCN(CC(=O)O)CCN(CC(=O)O)CC2)cc1C(C)C. The number of aromatic nitrogens is 2. The minimum absolute atomic E-state index is 0.00129. The van der Waals surface area contributed by atoms with Gasteiger partial charge in [-0.2, -0.15) is 5.10 Å². The van der Waals surface area contributed by atoms with Crippen molar-refractivity contribution in [2.24, 2.45) is 0 Å². The second kappa shape index (κ2) is 30.5. The summed E-state index contributed by atoms with van der Waals surface area (Å²) in [4.78, 5) is 101. The molecule has 0 spiro atoms. The van der Waals surface area contributed by atoms with E-state index in [1.165, 1.54) is 0 Å². The Morgan fingerprint density at radius 3 is 1.68 bits per heavy atom. The Kier molecular flexibility index (Phi) is 24.3. The van der Waals surface area contributed by atoms with Gasteiger partial charge >= 0.3 is 23.9 Å². The first kappa shape index (κ1) is 62.2. The number of benzene rings is 1. The molecular weight excluding hydrogens is 1010 g/mol. The van der Waals surface area contributed by atoms with E-state index in [1.807, 2.05) is 44.0 Å². The van der Waals surface area contributed by atoms with Crippen LogP contribution in [0.3, 0.4) is 0 Å². The fraction of sp³-hybridized carbons (Fsp3) is 0.600. The van der Waals surface area contributed by atoms with Crippen LogP contribution in [0.25, 0.3) is 11.3 Å². The minimum Gasteiger partial charge on any atom is -0.500 e. The summed E-state index contributed by atoms with van der Waals surface area (Å²) in [5.41, 5.74) is 3.59. The van der Waals surface area contributed by atoms with Crippen molar-refractivity contribution in [3.8, 4) is 5.69 Å². The molecule has 78 heavy (non-hydrogen) atoms. The number of allylic oxidation sites excluding steroid dienone is 4. The number of hydrogen-bond acceptors (Lipinski definition) is 15. The van der Waals surface area contributed by atoms with E-state index in [4.69, 9.17) is 14.6 Å². The number of carbonyl (C=O) groups is 7. The predicted molar refractivity (Wildman–Crippen MR) is 291 cm³/mol. The Morgan fingerprint density at radius 2 is 1.19 bits per heavy atom. The molecule has 23 heteroatoms. The average molecular weight is 1090 g/mol. The predicted octanol–water partition coefficient (Wildman–Crippen LogP) is 3.43. The lowest BCUT2D eigenvalue weighted by Gasteiger charge is -2.33. The molecule has 1 aromatic carbocycles. The van der Waals surface area contributed by atoms with Crippen molar-refractivity contribution < 1.29 is 63.5 Å². The van der Waals surface area contributed by atoms with Crippen LogP contribution in [-0.4, -0.2) is 246 Å². The van der Waals surface area contributed by atoms with E-state index in [0.29, 0.717) is 144 Å². The second-order valence-electron chi connectivity index (χ2n) is 20.7. The summed E-state index contributed by atoms with van der Waals surface area (Å²) in [6.45, 7) is 8.15. The number of rotatable bonds is 25. The van der Waals surface area contributed by atoms with E-state index in [2.05, 4.69) is 10.2 Å². The van der Waals surface area contributed by atoms with Gasteiger partial charge < -0.3 is 49.9 Å². The van der Waals surface area contributed by atoms with Gasteiger partial charge in [0.1, 0.15) is 17.2 Å². The highest BCUT2D eigenvalue weighted by atomic mass is 16.5. The molecule has 5 N–H and O–H groups in total. The molecule has 0 atom stereocenters. The first-order chi connectivity index (χ1) is 37.2. The molecule has 2 fully saturated rings. The molecule has 2 aliphatic carbocycles. The lowest BCUT2D eigenvalue weighted by molar-refractivity contribution is -0.140. The fourth-order valence-corrected chi connectivity index (χ4v) is 10.1. The quantitative estimate of drug-likeness (QED) is 0.0892. The summed E-state index contributed by atoms with van der Waals surface area (Å²) in [5, 5.41) is 46.2. The summed E-state index contributed by atoms with van der Waals surface area (Å²) in [7, 11) is 8.63. The van der Waals surface area contributed by atoms with E-state index in [-0.39, 0.29) is 68.4 Å². The van der Waals surface area contributed by atoms with Crippen molar-refractivity contribution in [3.63, 3.8) is 0 Å².